The van der Waals surface area contributed by atoms with Crippen molar-refractivity contribution in [1.82, 2.24) is 19.7 Å². The summed E-state index contributed by atoms with van der Waals surface area (Å²) in [6.45, 7) is 10.0. The number of anilines is 1. The van der Waals surface area contributed by atoms with Crippen molar-refractivity contribution < 1.29 is 4.79 Å². The molecule has 1 amide bonds. The maximum absolute atomic E-state index is 12.3. The first-order valence-corrected chi connectivity index (χ1v) is 10.2. The second-order valence-corrected chi connectivity index (χ2v) is 7.85. The van der Waals surface area contributed by atoms with E-state index in [9.17, 15) is 4.79 Å². The van der Waals surface area contributed by atoms with Crippen molar-refractivity contribution >= 4 is 23.6 Å². The number of aromatic nitrogens is 3. The molecule has 2 aliphatic rings. The molecule has 0 aromatic carbocycles. The van der Waals surface area contributed by atoms with Crippen molar-refractivity contribution in [2.45, 2.75) is 57.7 Å². The quantitative estimate of drug-likeness (QED) is 0.707. The summed E-state index contributed by atoms with van der Waals surface area (Å²) < 4.78 is 2.29. The van der Waals surface area contributed by atoms with Crippen molar-refractivity contribution in [2.24, 2.45) is 5.92 Å². The van der Waals surface area contributed by atoms with Crippen molar-refractivity contribution in [3.05, 3.63) is 0 Å². The van der Waals surface area contributed by atoms with Crippen LogP contribution in [0.25, 0.3) is 0 Å². The van der Waals surface area contributed by atoms with Gasteiger partial charge in [-0.25, -0.2) is 0 Å². The van der Waals surface area contributed by atoms with E-state index in [1.165, 1.54) is 37.4 Å². The molecule has 1 saturated heterocycles. The van der Waals surface area contributed by atoms with E-state index in [2.05, 4.69) is 26.6 Å². The molecule has 0 bridgehead atoms. The van der Waals surface area contributed by atoms with Crippen LogP contribution in [0.4, 0.5) is 5.95 Å². The van der Waals surface area contributed by atoms with Crippen LogP contribution in [0.1, 0.15) is 52.5 Å². The molecule has 0 N–H and O–H groups in total. The van der Waals surface area contributed by atoms with E-state index in [-0.39, 0.29) is 5.91 Å². The van der Waals surface area contributed by atoms with E-state index < -0.39 is 0 Å². The van der Waals surface area contributed by atoms with Gasteiger partial charge in [-0.3, -0.25) is 9.36 Å². The van der Waals surface area contributed by atoms with Crippen LogP contribution < -0.4 is 4.90 Å². The Balaban J connectivity index is 1.69. The van der Waals surface area contributed by atoms with E-state index >= 15 is 0 Å². The first-order chi connectivity index (χ1) is 11.6. The maximum atomic E-state index is 12.3. The van der Waals surface area contributed by atoms with Crippen LogP contribution >= 0.6 is 11.8 Å². The van der Waals surface area contributed by atoms with E-state index in [0.29, 0.717) is 11.8 Å². The monoisotopic (exact) mass is 351 g/mol. The molecule has 134 valence electrons. The second-order valence-electron chi connectivity index (χ2n) is 6.91. The van der Waals surface area contributed by atoms with E-state index in [1.807, 2.05) is 18.7 Å². The summed E-state index contributed by atoms with van der Waals surface area (Å²) in [5.74, 6) is 2.45. The number of piperidine rings is 1. The van der Waals surface area contributed by atoms with E-state index in [4.69, 9.17) is 0 Å². The largest absolute Gasteiger partial charge is 0.343 e. The third-order valence-electron chi connectivity index (χ3n) is 5.07. The normalized spacial score (nSPS) is 18.9. The fraction of sp³-hybridized carbons (Fsp3) is 0.824. The number of hydrogen-bond donors (Lipinski definition) is 0. The first kappa shape index (κ1) is 17.6. The molecule has 6 nitrogen and oxygen atoms in total. The van der Waals surface area contributed by atoms with Gasteiger partial charge in [-0.1, -0.05) is 18.7 Å². The molecular weight excluding hydrogens is 322 g/mol. The average molecular weight is 352 g/mol. The standard InChI is InChI=1S/C17H29N5OS/c1-4-20(5-2)15(23)12-24-17-19-18-16(22(17)14-6-7-14)21-10-8-13(3)9-11-21/h13-14H,4-12H2,1-3H3. The van der Waals surface area contributed by atoms with Crippen LogP contribution in [0.3, 0.4) is 0 Å². The Kier molecular flexibility index (Phi) is 5.69. The maximum Gasteiger partial charge on any atom is 0.233 e. The van der Waals surface area contributed by atoms with Gasteiger partial charge in [-0.2, -0.15) is 0 Å². The van der Waals surface area contributed by atoms with Gasteiger partial charge in [-0.05, 0) is 45.4 Å². The van der Waals surface area contributed by atoms with Gasteiger partial charge in [-0.15, -0.1) is 10.2 Å². The number of rotatable bonds is 7. The SMILES string of the molecule is CCN(CC)C(=O)CSc1nnc(N2CCC(C)CC2)n1C1CC1. The zero-order chi connectivity index (χ0) is 17.1. The molecule has 1 aliphatic carbocycles. The van der Waals surface area contributed by atoms with Crippen LogP contribution in [0.5, 0.6) is 0 Å². The lowest BCUT2D eigenvalue weighted by molar-refractivity contribution is -0.127. The number of hydrogen-bond acceptors (Lipinski definition) is 5. The predicted octanol–water partition coefficient (Wildman–Crippen LogP) is 2.81. The Morgan fingerprint density at radius 3 is 2.42 bits per heavy atom. The molecule has 1 aliphatic heterocycles. The van der Waals surface area contributed by atoms with Crippen molar-refractivity contribution in [3.63, 3.8) is 0 Å². The smallest absolute Gasteiger partial charge is 0.233 e. The van der Waals surface area contributed by atoms with Gasteiger partial charge < -0.3 is 9.80 Å². The van der Waals surface area contributed by atoms with Crippen molar-refractivity contribution in [3.8, 4) is 0 Å². The van der Waals surface area contributed by atoms with E-state index in [0.717, 1.165) is 43.2 Å². The third-order valence-corrected chi connectivity index (χ3v) is 5.99. The van der Waals surface area contributed by atoms with Crippen LogP contribution in [0, 0.1) is 5.92 Å². The van der Waals surface area contributed by atoms with Crippen molar-refractivity contribution in [1.29, 1.82) is 0 Å². The van der Waals surface area contributed by atoms with Crippen LogP contribution in [-0.2, 0) is 4.79 Å². The summed E-state index contributed by atoms with van der Waals surface area (Å²) in [7, 11) is 0. The molecule has 2 fully saturated rings. The fourth-order valence-corrected chi connectivity index (χ4v) is 4.14. The minimum absolute atomic E-state index is 0.184. The molecule has 0 radical (unpaired) electrons. The van der Waals surface area contributed by atoms with Gasteiger partial charge in [0.25, 0.3) is 0 Å². The molecular formula is C17H29N5OS. The minimum Gasteiger partial charge on any atom is -0.343 e. The van der Waals surface area contributed by atoms with Crippen LogP contribution in [0.2, 0.25) is 0 Å². The molecule has 3 rings (SSSR count). The molecule has 0 spiro atoms. The highest BCUT2D eigenvalue weighted by Crippen LogP contribution is 2.41. The summed E-state index contributed by atoms with van der Waals surface area (Å²) in [6, 6.07) is 0.528. The van der Waals surface area contributed by atoms with E-state index in [1.54, 1.807) is 0 Å². The number of amides is 1. The Bertz CT molecular complexity index is 559. The highest BCUT2D eigenvalue weighted by atomic mass is 32.2. The molecule has 1 saturated carbocycles. The average Bonchev–Trinajstić information content (AvgIpc) is 3.34. The fourth-order valence-electron chi connectivity index (χ4n) is 3.24. The Labute approximate surface area is 149 Å². The zero-order valence-corrected chi connectivity index (χ0v) is 15.9. The van der Waals surface area contributed by atoms with Gasteiger partial charge in [0.15, 0.2) is 5.16 Å². The summed E-state index contributed by atoms with van der Waals surface area (Å²) in [4.78, 5) is 16.5. The Morgan fingerprint density at radius 1 is 1.17 bits per heavy atom. The Hall–Kier alpha value is -1.24. The lowest BCUT2D eigenvalue weighted by Gasteiger charge is -2.31. The first-order valence-electron chi connectivity index (χ1n) is 9.24. The molecule has 0 unspecified atom stereocenters. The number of thioether (sulfide) groups is 1. The number of nitrogens with zero attached hydrogens (tertiary/aromatic N) is 5. The number of carbonyl (C=O) groups excluding carboxylic acids is 1. The van der Waals surface area contributed by atoms with Crippen LogP contribution in [0.15, 0.2) is 5.16 Å². The summed E-state index contributed by atoms with van der Waals surface area (Å²) in [5.41, 5.74) is 0. The number of carbonyl (C=O) groups is 1. The second kappa shape index (κ2) is 7.76. The molecule has 1 aromatic rings. The van der Waals surface area contributed by atoms with Gasteiger partial charge in [0.1, 0.15) is 0 Å². The highest BCUT2D eigenvalue weighted by molar-refractivity contribution is 7.99. The topological polar surface area (TPSA) is 54.3 Å². The molecule has 7 heteroatoms. The lowest BCUT2D eigenvalue weighted by atomic mass is 10.00. The van der Waals surface area contributed by atoms with Gasteiger partial charge in [0.2, 0.25) is 11.9 Å². The predicted molar refractivity (Wildman–Crippen MR) is 97.6 cm³/mol. The van der Waals surface area contributed by atoms with Gasteiger partial charge in [0.05, 0.1) is 5.75 Å². The van der Waals surface area contributed by atoms with Crippen LogP contribution in [-0.4, -0.2) is 57.5 Å². The zero-order valence-electron chi connectivity index (χ0n) is 15.1. The Morgan fingerprint density at radius 2 is 1.83 bits per heavy atom. The van der Waals surface area contributed by atoms with Gasteiger partial charge in [0, 0.05) is 32.2 Å². The van der Waals surface area contributed by atoms with Gasteiger partial charge >= 0.3 is 0 Å². The summed E-state index contributed by atoms with van der Waals surface area (Å²) >= 11 is 1.54. The minimum atomic E-state index is 0.184. The molecule has 2 heterocycles. The summed E-state index contributed by atoms with van der Waals surface area (Å²) in [6.07, 6.45) is 4.85. The molecule has 0 atom stereocenters. The third kappa shape index (κ3) is 3.87. The summed E-state index contributed by atoms with van der Waals surface area (Å²) in [5, 5.41) is 9.81. The molecule has 24 heavy (non-hydrogen) atoms. The lowest BCUT2D eigenvalue weighted by Crippen LogP contribution is -2.34. The molecule has 1 aromatic heterocycles. The van der Waals surface area contributed by atoms with Crippen molar-refractivity contribution in [2.75, 3.05) is 36.8 Å². The highest BCUT2D eigenvalue weighted by Gasteiger charge is 2.32.